The van der Waals surface area contributed by atoms with E-state index in [1.165, 1.54) is 12.3 Å². The van der Waals surface area contributed by atoms with Gasteiger partial charge in [0, 0.05) is 18.8 Å². The lowest BCUT2D eigenvalue weighted by Crippen LogP contribution is -2.43. The van der Waals surface area contributed by atoms with Gasteiger partial charge in [0.25, 0.3) is 10.0 Å². The molecule has 19 heavy (non-hydrogen) atoms. The maximum Gasteiger partial charge on any atom is 0.258 e. The summed E-state index contributed by atoms with van der Waals surface area (Å²) in [5.41, 5.74) is 5.77. The summed E-state index contributed by atoms with van der Waals surface area (Å²) in [6.45, 7) is 1.92. The first kappa shape index (κ1) is 16.0. The lowest BCUT2D eigenvalue weighted by molar-refractivity contribution is 0.143. The smallest absolute Gasteiger partial charge is 0.258 e. The van der Waals surface area contributed by atoms with Crippen LogP contribution in [0.3, 0.4) is 0 Å². The molecule has 0 spiro atoms. The number of hydrogen-bond acceptors (Lipinski definition) is 5. The molecule has 1 aromatic rings. The number of rotatable bonds is 8. The van der Waals surface area contributed by atoms with Gasteiger partial charge in [-0.15, -0.1) is 0 Å². The summed E-state index contributed by atoms with van der Waals surface area (Å²) in [6, 6.07) is 4.19. The van der Waals surface area contributed by atoms with Gasteiger partial charge in [0.1, 0.15) is 0 Å². The summed E-state index contributed by atoms with van der Waals surface area (Å²) in [5, 5.41) is 9.72. The number of aliphatic hydroxyl groups is 1. The van der Waals surface area contributed by atoms with Crippen molar-refractivity contribution < 1.29 is 13.5 Å². The predicted molar refractivity (Wildman–Crippen MR) is 72.9 cm³/mol. The summed E-state index contributed by atoms with van der Waals surface area (Å²) >= 11 is 0. The van der Waals surface area contributed by atoms with Gasteiger partial charge >= 0.3 is 0 Å². The molecule has 4 N–H and O–H groups in total. The van der Waals surface area contributed by atoms with Crippen molar-refractivity contribution in [3.8, 4) is 0 Å². The Balaban J connectivity index is 2.52. The summed E-state index contributed by atoms with van der Waals surface area (Å²) < 4.78 is 26.0. The highest BCUT2D eigenvalue weighted by molar-refractivity contribution is 7.89. The fourth-order valence-electron chi connectivity index (χ4n) is 1.56. The lowest BCUT2D eigenvalue weighted by Gasteiger charge is -2.18. The molecule has 1 heterocycles. The molecule has 0 fully saturated rings. The molecule has 1 rings (SSSR count). The summed E-state index contributed by atoms with van der Waals surface area (Å²) in [5.74, 6) is 0. The quantitative estimate of drug-likeness (QED) is 0.635. The molecule has 0 aromatic carbocycles. The number of pyridine rings is 1. The van der Waals surface area contributed by atoms with Crippen LogP contribution in [0.4, 0.5) is 0 Å². The highest BCUT2D eigenvalue weighted by Gasteiger charge is 2.19. The number of nitrogens with two attached hydrogens (primary N) is 1. The Bertz CT molecular complexity index is 464. The van der Waals surface area contributed by atoms with Gasteiger partial charge in [0.15, 0.2) is 5.03 Å². The van der Waals surface area contributed by atoms with Crippen LogP contribution in [0.25, 0.3) is 0 Å². The molecule has 108 valence electrons. The lowest BCUT2D eigenvalue weighted by atomic mass is 10.1. The number of aromatic nitrogens is 1. The van der Waals surface area contributed by atoms with Crippen LogP contribution in [0, 0.1) is 0 Å². The third-order valence-electron chi connectivity index (χ3n) is 2.78. The van der Waals surface area contributed by atoms with Crippen LogP contribution in [0.1, 0.15) is 26.2 Å². The van der Waals surface area contributed by atoms with Crippen molar-refractivity contribution in [1.82, 2.24) is 9.71 Å². The maximum atomic E-state index is 11.8. The SMILES string of the molecule is CCCC[C@H](N)C(O)CNS(=O)(=O)c1ccccn1. The van der Waals surface area contributed by atoms with Crippen LogP contribution in [0.2, 0.25) is 0 Å². The van der Waals surface area contributed by atoms with E-state index in [4.69, 9.17) is 5.73 Å². The minimum atomic E-state index is -3.69. The van der Waals surface area contributed by atoms with Gasteiger partial charge in [-0.3, -0.25) is 0 Å². The van der Waals surface area contributed by atoms with Crippen molar-refractivity contribution in [2.45, 2.75) is 43.4 Å². The molecule has 1 unspecified atom stereocenters. The second kappa shape index (κ2) is 7.54. The third-order valence-corrected chi connectivity index (χ3v) is 4.12. The molecule has 0 saturated heterocycles. The van der Waals surface area contributed by atoms with Crippen LogP contribution in [0.15, 0.2) is 29.4 Å². The van der Waals surface area contributed by atoms with Crippen LogP contribution < -0.4 is 10.5 Å². The molecular weight excluding hydrogens is 266 g/mol. The van der Waals surface area contributed by atoms with E-state index in [-0.39, 0.29) is 11.6 Å². The highest BCUT2D eigenvalue weighted by atomic mass is 32.2. The molecule has 0 radical (unpaired) electrons. The summed E-state index contributed by atoms with van der Waals surface area (Å²) in [6.07, 6.45) is 3.07. The standard InChI is InChI=1S/C12H21N3O3S/c1-2-3-6-10(13)11(16)9-15-19(17,18)12-7-4-5-8-14-12/h4-5,7-8,10-11,15-16H,2-3,6,9,13H2,1H3/t10-,11?/m0/s1. The molecule has 2 atom stereocenters. The molecule has 7 heteroatoms. The molecule has 0 saturated carbocycles. The number of sulfonamides is 1. The Labute approximate surface area is 114 Å². The molecule has 6 nitrogen and oxygen atoms in total. The minimum absolute atomic E-state index is 0.0654. The maximum absolute atomic E-state index is 11.8. The van der Waals surface area contributed by atoms with E-state index < -0.39 is 22.2 Å². The number of aliphatic hydroxyl groups excluding tert-OH is 1. The van der Waals surface area contributed by atoms with Crippen molar-refractivity contribution in [2.75, 3.05) is 6.54 Å². The van der Waals surface area contributed by atoms with Gasteiger partial charge in [-0.25, -0.2) is 18.1 Å². The first-order chi connectivity index (χ1) is 8.97. The molecule has 0 amide bonds. The normalized spacial score (nSPS) is 15.1. The molecule has 0 bridgehead atoms. The van der Waals surface area contributed by atoms with Gasteiger partial charge in [0.2, 0.25) is 0 Å². The second-order valence-electron chi connectivity index (χ2n) is 4.39. The van der Waals surface area contributed by atoms with Crippen molar-refractivity contribution in [3.63, 3.8) is 0 Å². The predicted octanol–water partition coefficient (Wildman–Crippen LogP) is 0.238. The molecule has 1 aromatic heterocycles. The largest absolute Gasteiger partial charge is 0.390 e. The minimum Gasteiger partial charge on any atom is -0.390 e. The van der Waals surface area contributed by atoms with Gasteiger partial charge in [-0.1, -0.05) is 25.8 Å². The number of nitrogens with zero attached hydrogens (tertiary/aromatic N) is 1. The number of nitrogens with one attached hydrogen (secondary N) is 1. The van der Waals surface area contributed by atoms with Gasteiger partial charge < -0.3 is 10.8 Å². The van der Waals surface area contributed by atoms with E-state index in [1.54, 1.807) is 12.1 Å². The van der Waals surface area contributed by atoms with E-state index >= 15 is 0 Å². The number of hydrogen-bond donors (Lipinski definition) is 3. The van der Waals surface area contributed by atoms with E-state index in [1.807, 2.05) is 6.92 Å². The Morgan fingerprint density at radius 3 is 2.79 bits per heavy atom. The first-order valence-corrected chi connectivity index (χ1v) is 7.80. The first-order valence-electron chi connectivity index (χ1n) is 6.31. The third kappa shape index (κ3) is 5.23. The fraction of sp³-hybridized carbons (Fsp3) is 0.583. The average Bonchev–Trinajstić information content (AvgIpc) is 2.43. The van der Waals surface area contributed by atoms with E-state index in [2.05, 4.69) is 9.71 Å². The fourth-order valence-corrected chi connectivity index (χ4v) is 2.55. The van der Waals surface area contributed by atoms with Crippen LogP contribution >= 0.6 is 0 Å². The topological polar surface area (TPSA) is 105 Å². The highest BCUT2D eigenvalue weighted by Crippen LogP contribution is 2.05. The molecule has 0 aliphatic rings. The molecule has 0 aliphatic heterocycles. The average molecular weight is 287 g/mol. The van der Waals surface area contributed by atoms with Crippen molar-refractivity contribution in [3.05, 3.63) is 24.4 Å². The summed E-state index contributed by atoms with van der Waals surface area (Å²) in [4.78, 5) is 3.76. The zero-order valence-electron chi connectivity index (χ0n) is 11.0. The summed E-state index contributed by atoms with van der Waals surface area (Å²) in [7, 11) is -3.69. The Kier molecular flexibility index (Phi) is 6.36. The van der Waals surface area contributed by atoms with E-state index in [0.29, 0.717) is 6.42 Å². The van der Waals surface area contributed by atoms with E-state index in [0.717, 1.165) is 12.8 Å². The van der Waals surface area contributed by atoms with Crippen LogP contribution in [0.5, 0.6) is 0 Å². The van der Waals surface area contributed by atoms with Gasteiger partial charge in [0.05, 0.1) is 6.10 Å². The second-order valence-corrected chi connectivity index (χ2v) is 6.11. The van der Waals surface area contributed by atoms with Gasteiger partial charge in [-0.05, 0) is 18.6 Å². The van der Waals surface area contributed by atoms with Crippen molar-refractivity contribution in [2.24, 2.45) is 5.73 Å². The van der Waals surface area contributed by atoms with Crippen molar-refractivity contribution in [1.29, 1.82) is 0 Å². The Morgan fingerprint density at radius 2 is 2.21 bits per heavy atom. The van der Waals surface area contributed by atoms with Crippen LogP contribution in [-0.2, 0) is 10.0 Å². The molecular formula is C12H21N3O3S. The number of unbranched alkanes of at least 4 members (excludes halogenated alkanes) is 1. The Morgan fingerprint density at radius 1 is 1.47 bits per heavy atom. The monoisotopic (exact) mass is 287 g/mol. The Hall–Kier alpha value is -1.02. The zero-order valence-corrected chi connectivity index (χ0v) is 11.8. The van der Waals surface area contributed by atoms with E-state index in [9.17, 15) is 13.5 Å². The van der Waals surface area contributed by atoms with Crippen LogP contribution in [-0.4, -0.2) is 37.2 Å². The van der Waals surface area contributed by atoms with Gasteiger partial charge in [-0.2, -0.15) is 0 Å². The zero-order chi connectivity index (χ0) is 14.3. The molecule has 0 aliphatic carbocycles. The van der Waals surface area contributed by atoms with Crippen molar-refractivity contribution >= 4 is 10.0 Å².